The molecule has 17 heavy (non-hydrogen) atoms. The van der Waals surface area contributed by atoms with Gasteiger partial charge in [0.2, 0.25) is 0 Å². The number of halogens is 2. The van der Waals surface area contributed by atoms with Gasteiger partial charge in [-0.25, -0.2) is 0 Å². The first kappa shape index (κ1) is 12.1. The minimum absolute atomic E-state index is 0.0644. The Hall–Kier alpha value is -1.38. The molecule has 2 rings (SSSR count). The van der Waals surface area contributed by atoms with Crippen LogP contribution in [0.5, 0.6) is 0 Å². The monoisotopic (exact) mass is 265 g/mol. The normalized spacial score (nSPS) is 10.2. The van der Waals surface area contributed by atoms with Crippen molar-refractivity contribution in [2.75, 3.05) is 0 Å². The fraction of sp³-hybridized carbons (Fsp3) is 0.0769. The minimum atomic E-state index is -0.0644. The Kier molecular flexibility index (Phi) is 3.77. The Morgan fingerprint density at radius 2 is 1.88 bits per heavy atom. The summed E-state index contributed by atoms with van der Waals surface area (Å²) in [4.78, 5) is 15.9. The molecule has 2 aromatic rings. The molecule has 0 aliphatic rings. The number of rotatable bonds is 3. The van der Waals surface area contributed by atoms with E-state index in [-0.39, 0.29) is 12.2 Å². The lowest BCUT2D eigenvalue weighted by atomic mass is 10.0. The maximum Gasteiger partial charge on any atom is 0.168 e. The van der Waals surface area contributed by atoms with Gasteiger partial charge in [0.05, 0.1) is 5.02 Å². The van der Waals surface area contributed by atoms with Crippen LogP contribution in [0.15, 0.2) is 42.7 Å². The predicted molar refractivity (Wildman–Crippen MR) is 68.7 cm³/mol. The van der Waals surface area contributed by atoms with Crippen LogP contribution in [0.1, 0.15) is 15.9 Å². The SMILES string of the molecule is O=C(Cc1ccccc1Cl)c1ccncc1Cl. The first-order chi connectivity index (χ1) is 8.18. The molecule has 0 atom stereocenters. The smallest absolute Gasteiger partial charge is 0.168 e. The van der Waals surface area contributed by atoms with E-state index in [0.29, 0.717) is 15.6 Å². The molecule has 2 nitrogen and oxygen atoms in total. The number of carbonyl (C=O) groups is 1. The lowest BCUT2D eigenvalue weighted by Gasteiger charge is -2.04. The highest BCUT2D eigenvalue weighted by Gasteiger charge is 2.12. The van der Waals surface area contributed by atoms with Crippen LogP contribution in [-0.4, -0.2) is 10.8 Å². The van der Waals surface area contributed by atoms with Crippen molar-refractivity contribution in [2.45, 2.75) is 6.42 Å². The topological polar surface area (TPSA) is 30.0 Å². The van der Waals surface area contributed by atoms with Crippen LogP contribution in [0.3, 0.4) is 0 Å². The molecule has 0 spiro atoms. The van der Waals surface area contributed by atoms with Gasteiger partial charge in [0.1, 0.15) is 0 Å². The molecule has 0 saturated heterocycles. The molecular weight excluding hydrogens is 257 g/mol. The minimum Gasteiger partial charge on any atom is -0.294 e. The number of hydrogen-bond acceptors (Lipinski definition) is 2. The number of pyridine rings is 1. The summed E-state index contributed by atoms with van der Waals surface area (Å²) in [6, 6.07) is 8.88. The molecule has 4 heteroatoms. The molecule has 0 fully saturated rings. The zero-order valence-electron chi connectivity index (χ0n) is 8.86. The third-order valence-electron chi connectivity index (χ3n) is 2.38. The summed E-state index contributed by atoms with van der Waals surface area (Å²) in [5.74, 6) is -0.0644. The summed E-state index contributed by atoms with van der Waals surface area (Å²) in [6.45, 7) is 0. The van der Waals surface area contributed by atoms with Crippen molar-refractivity contribution in [2.24, 2.45) is 0 Å². The van der Waals surface area contributed by atoms with E-state index >= 15 is 0 Å². The van der Waals surface area contributed by atoms with E-state index in [1.807, 2.05) is 18.2 Å². The molecule has 1 heterocycles. The molecule has 0 aliphatic heterocycles. The van der Waals surface area contributed by atoms with E-state index < -0.39 is 0 Å². The maximum absolute atomic E-state index is 12.0. The predicted octanol–water partition coefficient (Wildman–Crippen LogP) is 3.81. The molecule has 0 N–H and O–H groups in total. The van der Waals surface area contributed by atoms with E-state index in [1.54, 1.807) is 18.3 Å². The van der Waals surface area contributed by atoms with Crippen molar-refractivity contribution < 1.29 is 4.79 Å². The van der Waals surface area contributed by atoms with Gasteiger partial charge >= 0.3 is 0 Å². The second-order valence-corrected chi connectivity index (χ2v) is 4.36. The Morgan fingerprint density at radius 3 is 2.59 bits per heavy atom. The molecule has 0 amide bonds. The van der Waals surface area contributed by atoms with Crippen molar-refractivity contribution in [3.8, 4) is 0 Å². The van der Waals surface area contributed by atoms with Crippen LogP contribution in [-0.2, 0) is 6.42 Å². The van der Waals surface area contributed by atoms with Crippen LogP contribution >= 0.6 is 23.2 Å². The Balaban J connectivity index is 2.24. The van der Waals surface area contributed by atoms with E-state index in [9.17, 15) is 4.79 Å². The van der Waals surface area contributed by atoms with E-state index in [2.05, 4.69) is 4.98 Å². The van der Waals surface area contributed by atoms with Gasteiger partial charge in [-0.05, 0) is 17.7 Å². The number of benzene rings is 1. The summed E-state index contributed by atoms with van der Waals surface area (Å²) >= 11 is 11.9. The number of Topliss-reactive ketones (excluding diaryl/α,β-unsaturated/α-hetero) is 1. The highest BCUT2D eigenvalue weighted by molar-refractivity contribution is 6.34. The first-order valence-corrected chi connectivity index (χ1v) is 5.80. The molecule has 1 aromatic carbocycles. The average molecular weight is 266 g/mol. The maximum atomic E-state index is 12.0. The van der Waals surface area contributed by atoms with Gasteiger partial charge in [0.25, 0.3) is 0 Å². The van der Waals surface area contributed by atoms with Crippen molar-refractivity contribution >= 4 is 29.0 Å². The number of aromatic nitrogens is 1. The van der Waals surface area contributed by atoms with E-state index in [0.717, 1.165) is 5.56 Å². The van der Waals surface area contributed by atoms with E-state index in [1.165, 1.54) is 6.20 Å². The van der Waals surface area contributed by atoms with Crippen molar-refractivity contribution in [3.05, 3.63) is 63.9 Å². The van der Waals surface area contributed by atoms with Gasteiger partial charge in [-0.2, -0.15) is 0 Å². The second-order valence-electron chi connectivity index (χ2n) is 3.55. The highest BCUT2D eigenvalue weighted by Crippen LogP contribution is 2.20. The zero-order chi connectivity index (χ0) is 12.3. The quantitative estimate of drug-likeness (QED) is 0.790. The summed E-state index contributed by atoms with van der Waals surface area (Å²) in [5.41, 5.74) is 1.27. The van der Waals surface area contributed by atoms with E-state index in [4.69, 9.17) is 23.2 Å². The molecule has 86 valence electrons. The summed E-state index contributed by atoms with van der Waals surface area (Å²) in [7, 11) is 0. The molecule has 0 aliphatic carbocycles. The fourth-order valence-electron chi connectivity index (χ4n) is 1.51. The number of carbonyl (C=O) groups excluding carboxylic acids is 1. The second kappa shape index (κ2) is 5.30. The van der Waals surface area contributed by atoms with Gasteiger partial charge in [-0.15, -0.1) is 0 Å². The van der Waals surface area contributed by atoms with Crippen molar-refractivity contribution in [1.82, 2.24) is 4.98 Å². The fourth-order valence-corrected chi connectivity index (χ4v) is 1.94. The largest absolute Gasteiger partial charge is 0.294 e. The Labute approximate surface area is 109 Å². The number of nitrogens with zero attached hydrogens (tertiary/aromatic N) is 1. The molecule has 1 aromatic heterocycles. The van der Waals surface area contributed by atoms with Gasteiger partial charge in [-0.1, -0.05) is 41.4 Å². The molecule has 0 unspecified atom stereocenters. The average Bonchev–Trinajstić information content (AvgIpc) is 2.32. The van der Waals surface area contributed by atoms with Crippen LogP contribution < -0.4 is 0 Å². The molecule has 0 bridgehead atoms. The summed E-state index contributed by atoms with van der Waals surface area (Å²) in [6.07, 6.45) is 3.25. The third-order valence-corrected chi connectivity index (χ3v) is 3.05. The number of ketones is 1. The third kappa shape index (κ3) is 2.84. The number of hydrogen-bond donors (Lipinski definition) is 0. The Morgan fingerprint density at radius 1 is 1.12 bits per heavy atom. The summed E-state index contributed by atoms with van der Waals surface area (Å²) in [5, 5.41) is 0.954. The molecule has 0 radical (unpaired) electrons. The van der Waals surface area contributed by atoms with Crippen LogP contribution in [0.4, 0.5) is 0 Å². The van der Waals surface area contributed by atoms with Gasteiger partial charge in [0.15, 0.2) is 5.78 Å². The van der Waals surface area contributed by atoms with Crippen LogP contribution in [0.25, 0.3) is 0 Å². The van der Waals surface area contributed by atoms with Gasteiger partial charge in [-0.3, -0.25) is 9.78 Å². The molecule has 0 saturated carbocycles. The highest BCUT2D eigenvalue weighted by atomic mass is 35.5. The van der Waals surface area contributed by atoms with Crippen LogP contribution in [0, 0.1) is 0 Å². The summed E-state index contributed by atoms with van der Waals surface area (Å²) < 4.78 is 0. The van der Waals surface area contributed by atoms with Crippen molar-refractivity contribution in [1.29, 1.82) is 0 Å². The zero-order valence-corrected chi connectivity index (χ0v) is 10.4. The van der Waals surface area contributed by atoms with Gasteiger partial charge < -0.3 is 0 Å². The Bertz CT molecular complexity index is 555. The van der Waals surface area contributed by atoms with Crippen LogP contribution in [0.2, 0.25) is 10.0 Å². The standard InChI is InChI=1S/C13H9Cl2NO/c14-11-4-2-1-3-9(11)7-13(17)10-5-6-16-8-12(10)15/h1-6,8H,7H2. The van der Waals surface area contributed by atoms with Gasteiger partial charge in [0, 0.05) is 29.4 Å². The lowest BCUT2D eigenvalue weighted by Crippen LogP contribution is -2.04. The molecular formula is C13H9Cl2NO. The lowest BCUT2D eigenvalue weighted by molar-refractivity contribution is 0.0993. The first-order valence-electron chi connectivity index (χ1n) is 5.04. The van der Waals surface area contributed by atoms with Crippen molar-refractivity contribution in [3.63, 3.8) is 0 Å².